The van der Waals surface area contributed by atoms with E-state index in [4.69, 9.17) is 0 Å². The molecule has 1 fully saturated rings. The van der Waals surface area contributed by atoms with Gasteiger partial charge in [-0.05, 0) is 5.56 Å². The van der Waals surface area contributed by atoms with E-state index in [-0.39, 0.29) is 6.10 Å². The molecule has 0 amide bonds. The molecule has 1 saturated heterocycles. The highest BCUT2D eigenvalue weighted by atomic mass is 16.3. The SMILES string of the molecule is OC(CN1CC1)c1ccccc1. The van der Waals surface area contributed by atoms with Gasteiger partial charge in [-0.25, -0.2) is 0 Å². The normalized spacial score (nSPS) is 19.1. The Morgan fingerprint density at radius 2 is 1.92 bits per heavy atom. The van der Waals surface area contributed by atoms with Crippen LogP contribution >= 0.6 is 0 Å². The van der Waals surface area contributed by atoms with E-state index in [2.05, 4.69) is 4.90 Å². The van der Waals surface area contributed by atoms with Gasteiger partial charge in [0.1, 0.15) is 0 Å². The van der Waals surface area contributed by atoms with Crippen LogP contribution in [0.25, 0.3) is 0 Å². The summed E-state index contributed by atoms with van der Waals surface area (Å²) in [5.41, 5.74) is 1.02. The molecule has 1 atom stereocenters. The molecule has 1 aromatic carbocycles. The van der Waals surface area contributed by atoms with Crippen LogP contribution in [0.3, 0.4) is 0 Å². The molecule has 1 aliphatic heterocycles. The minimum Gasteiger partial charge on any atom is -0.387 e. The maximum absolute atomic E-state index is 9.69. The Morgan fingerprint density at radius 3 is 2.50 bits per heavy atom. The zero-order valence-electron chi connectivity index (χ0n) is 6.98. The maximum Gasteiger partial charge on any atom is 0.0916 e. The molecule has 2 heteroatoms. The van der Waals surface area contributed by atoms with Crippen LogP contribution in [0.5, 0.6) is 0 Å². The molecular formula is C10H13NO. The van der Waals surface area contributed by atoms with Gasteiger partial charge in [0.15, 0.2) is 0 Å². The molecule has 1 N–H and O–H groups in total. The van der Waals surface area contributed by atoms with Crippen molar-refractivity contribution in [1.82, 2.24) is 4.90 Å². The first-order chi connectivity index (χ1) is 5.86. The third-order valence-corrected chi connectivity index (χ3v) is 2.16. The van der Waals surface area contributed by atoms with Crippen molar-refractivity contribution in [3.05, 3.63) is 35.9 Å². The fourth-order valence-corrected chi connectivity index (χ4v) is 1.28. The monoisotopic (exact) mass is 163 g/mol. The van der Waals surface area contributed by atoms with Crippen LogP contribution in [0.4, 0.5) is 0 Å². The van der Waals surface area contributed by atoms with E-state index in [9.17, 15) is 5.11 Å². The highest BCUT2D eigenvalue weighted by Gasteiger charge is 2.21. The smallest absolute Gasteiger partial charge is 0.0916 e. The molecule has 64 valence electrons. The molecule has 1 aromatic rings. The van der Waals surface area contributed by atoms with Crippen LogP contribution in [0, 0.1) is 0 Å². The van der Waals surface area contributed by atoms with Gasteiger partial charge in [0.05, 0.1) is 6.10 Å². The molecular weight excluding hydrogens is 150 g/mol. The predicted octanol–water partition coefficient (Wildman–Crippen LogP) is 1.04. The van der Waals surface area contributed by atoms with Crippen LogP contribution in [0.15, 0.2) is 30.3 Å². The number of nitrogens with zero attached hydrogens (tertiary/aromatic N) is 1. The lowest BCUT2D eigenvalue weighted by Crippen LogP contribution is -2.10. The summed E-state index contributed by atoms with van der Waals surface area (Å²) in [5.74, 6) is 0. The van der Waals surface area contributed by atoms with E-state index in [1.165, 1.54) is 0 Å². The van der Waals surface area contributed by atoms with E-state index in [1.807, 2.05) is 30.3 Å². The fourth-order valence-electron chi connectivity index (χ4n) is 1.28. The average molecular weight is 163 g/mol. The van der Waals surface area contributed by atoms with Gasteiger partial charge in [-0.1, -0.05) is 30.3 Å². The van der Waals surface area contributed by atoms with E-state index in [0.29, 0.717) is 0 Å². The number of hydrogen-bond acceptors (Lipinski definition) is 2. The average Bonchev–Trinajstić information content (AvgIpc) is 2.90. The molecule has 1 aliphatic rings. The molecule has 2 nitrogen and oxygen atoms in total. The summed E-state index contributed by atoms with van der Waals surface area (Å²) >= 11 is 0. The minimum atomic E-state index is -0.311. The van der Waals surface area contributed by atoms with Crippen molar-refractivity contribution in [2.75, 3.05) is 19.6 Å². The molecule has 1 heterocycles. The van der Waals surface area contributed by atoms with E-state index >= 15 is 0 Å². The standard InChI is InChI=1S/C10H13NO/c12-10(8-11-6-7-11)9-4-2-1-3-5-9/h1-5,10,12H,6-8H2. The highest BCUT2D eigenvalue weighted by molar-refractivity contribution is 5.17. The largest absolute Gasteiger partial charge is 0.387 e. The second-order valence-electron chi connectivity index (χ2n) is 3.23. The number of rotatable bonds is 3. The zero-order chi connectivity index (χ0) is 8.39. The topological polar surface area (TPSA) is 23.2 Å². The Labute approximate surface area is 72.4 Å². The van der Waals surface area contributed by atoms with Gasteiger partial charge < -0.3 is 5.11 Å². The van der Waals surface area contributed by atoms with E-state index < -0.39 is 0 Å². The molecule has 0 saturated carbocycles. The van der Waals surface area contributed by atoms with Crippen molar-refractivity contribution in [2.45, 2.75) is 6.10 Å². The van der Waals surface area contributed by atoms with Gasteiger partial charge in [0.25, 0.3) is 0 Å². The molecule has 12 heavy (non-hydrogen) atoms. The van der Waals surface area contributed by atoms with Gasteiger partial charge in [-0.2, -0.15) is 0 Å². The Bertz CT molecular complexity index is 243. The molecule has 0 spiro atoms. The molecule has 2 rings (SSSR count). The molecule has 0 aliphatic carbocycles. The number of aliphatic hydroxyl groups is 1. The maximum atomic E-state index is 9.69. The van der Waals surface area contributed by atoms with Gasteiger partial charge in [0.2, 0.25) is 0 Å². The number of β-amino-alcohol motifs (C(OH)–C–C–N with tert-alkyl or cyclic N) is 1. The summed E-state index contributed by atoms with van der Waals surface area (Å²) in [6, 6.07) is 9.82. The van der Waals surface area contributed by atoms with Crippen LogP contribution in [-0.4, -0.2) is 29.6 Å². The summed E-state index contributed by atoms with van der Waals surface area (Å²) in [7, 11) is 0. The Kier molecular flexibility index (Phi) is 2.11. The van der Waals surface area contributed by atoms with Crippen molar-refractivity contribution in [2.24, 2.45) is 0 Å². The quantitative estimate of drug-likeness (QED) is 0.673. The number of aliphatic hydroxyl groups excluding tert-OH is 1. The number of benzene rings is 1. The summed E-state index contributed by atoms with van der Waals surface area (Å²) in [6.07, 6.45) is -0.311. The van der Waals surface area contributed by atoms with E-state index in [1.54, 1.807) is 0 Å². The Hall–Kier alpha value is -0.860. The van der Waals surface area contributed by atoms with Crippen molar-refractivity contribution >= 4 is 0 Å². The lowest BCUT2D eigenvalue weighted by atomic mass is 10.1. The summed E-state index contributed by atoms with van der Waals surface area (Å²) in [5, 5.41) is 9.69. The lowest BCUT2D eigenvalue weighted by molar-refractivity contribution is 0.156. The van der Waals surface area contributed by atoms with Crippen molar-refractivity contribution in [1.29, 1.82) is 0 Å². The third-order valence-electron chi connectivity index (χ3n) is 2.16. The Balaban J connectivity index is 1.98. The number of hydrogen-bond donors (Lipinski definition) is 1. The molecule has 0 aromatic heterocycles. The van der Waals surface area contributed by atoms with Crippen molar-refractivity contribution in [3.8, 4) is 0 Å². The van der Waals surface area contributed by atoms with Crippen LogP contribution in [-0.2, 0) is 0 Å². The molecule has 0 radical (unpaired) electrons. The first-order valence-corrected chi connectivity index (χ1v) is 4.31. The molecule has 0 bridgehead atoms. The fraction of sp³-hybridized carbons (Fsp3) is 0.400. The highest BCUT2D eigenvalue weighted by Crippen LogP contribution is 2.16. The summed E-state index contributed by atoms with van der Waals surface area (Å²) in [4.78, 5) is 2.22. The molecule has 1 unspecified atom stereocenters. The van der Waals surface area contributed by atoms with Crippen molar-refractivity contribution < 1.29 is 5.11 Å². The van der Waals surface area contributed by atoms with Gasteiger partial charge in [-0.3, -0.25) is 4.90 Å². The summed E-state index contributed by atoms with van der Waals surface area (Å²) < 4.78 is 0. The zero-order valence-corrected chi connectivity index (χ0v) is 6.98. The second-order valence-corrected chi connectivity index (χ2v) is 3.23. The lowest BCUT2D eigenvalue weighted by Gasteiger charge is -2.10. The van der Waals surface area contributed by atoms with Gasteiger partial charge in [0, 0.05) is 19.6 Å². The second kappa shape index (κ2) is 3.25. The summed E-state index contributed by atoms with van der Waals surface area (Å²) in [6.45, 7) is 3.07. The van der Waals surface area contributed by atoms with Crippen molar-refractivity contribution in [3.63, 3.8) is 0 Å². The van der Waals surface area contributed by atoms with Crippen LogP contribution < -0.4 is 0 Å². The predicted molar refractivity (Wildman–Crippen MR) is 47.8 cm³/mol. The van der Waals surface area contributed by atoms with E-state index in [0.717, 1.165) is 25.2 Å². The third kappa shape index (κ3) is 1.84. The Morgan fingerprint density at radius 1 is 1.25 bits per heavy atom. The van der Waals surface area contributed by atoms with Crippen LogP contribution in [0.2, 0.25) is 0 Å². The first kappa shape index (κ1) is 7.77. The van der Waals surface area contributed by atoms with Gasteiger partial charge >= 0.3 is 0 Å². The van der Waals surface area contributed by atoms with Gasteiger partial charge in [-0.15, -0.1) is 0 Å². The van der Waals surface area contributed by atoms with Crippen LogP contribution in [0.1, 0.15) is 11.7 Å². The first-order valence-electron chi connectivity index (χ1n) is 4.31. The minimum absolute atomic E-state index is 0.311.